The first-order chi connectivity index (χ1) is 15.6. The zero-order valence-electron chi connectivity index (χ0n) is 17.2. The number of amidine groups is 2. The van der Waals surface area contributed by atoms with E-state index < -0.39 is 0 Å². The summed E-state index contributed by atoms with van der Waals surface area (Å²) in [7, 11) is 0. The van der Waals surface area contributed by atoms with E-state index in [4.69, 9.17) is 15.9 Å². The number of carbonyl (C=O) groups excluding carboxylic acids is 1. The lowest BCUT2D eigenvalue weighted by Gasteiger charge is -2.15. The summed E-state index contributed by atoms with van der Waals surface area (Å²) in [5.41, 5.74) is 8.71. The van der Waals surface area contributed by atoms with E-state index in [-0.39, 0.29) is 5.84 Å². The second kappa shape index (κ2) is 8.03. The van der Waals surface area contributed by atoms with Crippen molar-refractivity contribution in [2.45, 2.75) is 6.54 Å². The number of benzene rings is 3. The molecule has 5 rings (SSSR count). The van der Waals surface area contributed by atoms with E-state index in [1.807, 2.05) is 59.2 Å². The van der Waals surface area contributed by atoms with Gasteiger partial charge in [-0.15, -0.1) is 0 Å². The van der Waals surface area contributed by atoms with Gasteiger partial charge in [0.2, 0.25) is 0 Å². The minimum atomic E-state index is -0.0112. The van der Waals surface area contributed by atoms with Crippen LogP contribution in [0.3, 0.4) is 0 Å². The van der Waals surface area contributed by atoms with E-state index in [1.165, 1.54) is 0 Å². The summed E-state index contributed by atoms with van der Waals surface area (Å²) >= 11 is 0. The molecule has 3 aromatic carbocycles. The minimum Gasteiger partial charge on any atom is -0.426 e. The topological polar surface area (TPSA) is 105 Å². The van der Waals surface area contributed by atoms with Crippen LogP contribution < -0.4 is 15.8 Å². The quantitative estimate of drug-likeness (QED) is 0.258. The third kappa shape index (κ3) is 3.60. The molecule has 0 saturated heterocycles. The lowest BCUT2D eigenvalue weighted by atomic mass is 10.0. The average molecular weight is 423 g/mol. The van der Waals surface area contributed by atoms with E-state index in [1.54, 1.807) is 12.3 Å². The third-order valence-corrected chi connectivity index (χ3v) is 5.50. The molecule has 7 heteroatoms. The first kappa shape index (κ1) is 19.6. The normalized spacial score (nSPS) is 13.1. The van der Waals surface area contributed by atoms with Gasteiger partial charge >= 0.3 is 0 Å². The molecule has 0 unspecified atom stereocenters. The Balaban J connectivity index is 1.62. The average Bonchev–Trinajstić information content (AvgIpc) is 3.16. The van der Waals surface area contributed by atoms with Crippen molar-refractivity contribution in [2.75, 3.05) is 6.54 Å². The van der Waals surface area contributed by atoms with Gasteiger partial charge in [-0.05, 0) is 46.7 Å². The van der Waals surface area contributed by atoms with Gasteiger partial charge in [0.25, 0.3) is 6.02 Å². The summed E-state index contributed by atoms with van der Waals surface area (Å²) in [4.78, 5) is 16.2. The molecule has 0 fully saturated rings. The number of nitrogens with one attached hydrogen (secondary N) is 2. The third-order valence-electron chi connectivity index (χ3n) is 5.50. The molecule has 1 aliphatic heterocycles. The summed E-state index contributed by atoms with van der Waals surface area (Å²) in [5, 5.41) is 13.8. The van der Waals surface area contributed by atoms with Gasteiger partial charge in [0, 0.05) is 29.2 Å². The minimum absolute atomic E-state index is 0.0112. The van der Waals surface area contributed by atoms with Gasteiger partial charge < -0.3 is 20.4 Å². The van der Waals surface area contributed by atoms with Crippen LogP contribution in [-0.2, 0) is 6.54 Å². The van der Waals surface area contributed by atoms with Crippen molar-refractivity contribution in [3.63, 3.8) is 0 Å². The van der Waals surface area contributed by atoms with Crippen LogP contribution in [0.1, 0.15) is 21.6 Å². The molecule has 1 aromatic heterocycles. The van der Waals surface area contributed by atoms with Gasteiger partial charge in [-0.25, -0.2) is 4.99 Å². The standard InChI is InChI=1S/C25H21N5O2/c26-24(27)18-7-6-17-10-20(15-31)30(23(17)13-18)14-19-12-21(32-25-28-8-3-9-29-25)11-16-4-1-2-5-22(16)19/h1-8,10-13,15H,9,14H2,(H3,26,27)(H,28,29). The fraction of sp³-hybridized carbons (Fsp3) is 0.0800. The number of aromatic nitrogens is 1. The van der Waals surface area contributed by atoms with Crippen LogP contribution in [0.25, 0.3) is 21.7 Å². The SMILES string of the molecule is N=C(N)c1ccc2cc(C=O)n(Cc3cc(OC4=NCC=CN4)cc4ccccc34)c2c1. The van der Waals surface area contributed by atoms with Crippen molar-refractivity contribution < 1.29 is 9.53 Å². The number of hydrogen-bond acceptors (Lipinski definition) is 5. The molecule has 0 radical (unpaired) electrons. The number of fused-ring (bicyclic) bond motifs is 2. The van der Waals surface area contributed by atoms with Crippen molar-refractivity contribution in [2.24, 2.45) is 10.7 Å². The summed E-state index contributed by atoms with van der Waals surface area (Å²) in [6.45, 7) is 1.02. The molecule has 0 aliphatic carbocycles. The Morgan fingerprint density at radius 2 is 2.03 bits per heavy atom. The van der Waals surface area contributed by atoms with Crippen LogP contribution in [0.5, 0.6) is 5.75 Å². The van der Waals surface area contributed by atoms with Gasteiger partial charge in [-0.1, -0.05) is 36.4 Å². The first-order valence-corrected chi connectivity index (χ1v) is 10.2. The molecule has 1 aliphatic rings. The van der Waals surface area contributed by atoms with Crippen LogP contribution in [0.4, 0.5) is 0 Å². The number of ether oxygens (including phenoxy) is 1. The largest absolute Gasteiger partial charge is 0.426 e. The summed E-state index contributed by atoms with van der Waals surface area (Å²) < 4.78 is 7.93. The Hall–Kier alpha value is -4.39. The molecule has 0 saturated carbocycles. The predicted molar refractivity (Wildman–Crippen MR) is 127 cm³/mol. The Labute approximate surface area is 184 Å². The fourth-order valence-electron chi connectivity index (χ4n) is 3.97. The van der Waals surface area contributed by atoms with E-state index in [0.29, 0.717) is 36.1 Å². The van der Waals surface area contributed by atoms with E-state index in [2.05, 4.69) is 16.4 Å². The van der Waals surface area contributed by atoms with E-state index in [0.717, 1.165) is 33.5 Å². The van der Waals surface area contributed by atoms with Gasteiger partial charge in [-0.2, -0.15) is 0 Å². The predicted octanol–water partition coefficient (Wildman–Crippen LogP) is 3.79. The maximum absolute atomic E-state index is 11.9. The fourth-order valence-corrected chi connectivity index (χ4v) is 3.97. The van der Waals surface area contributed by atoms with Crippen molar-refractivity contribution in [3.8, 4) is 5.75 Å². The number of carbonyl (C=O) groups is 1. The molecular weight excluding hydrogens is 402 g/mol. The van der Waals surface area contributed by atoms with E-state index in [9.17, 15) is 4.79 Å². The summed E-state index contributed by atoms with van der Waals surface area (Å²) in [6, 6.07) is 19.8. The molecule has 4 N–H and O–H groups in total. The maximum Gasteiger partial charge on any atom is 0.294 e. The Morgan fingerprint density at radius 1 is 1.16 bits per heavy atom. The number of nitrogen functional groups attached to an aromatic ring is 1. The van der Waals surface area contributed by atoms with Crippen LogP contribution in [0, 0.1) is 5.41 Å². The van der Waals surface area contributed by atoms with Gasteiger partial charge in [0.05, 0.1) is 12.2 Å². The first-order valence-electron chi connectivity index (χ1n) is 10.2. The van der Waals surface area contributed by atoms with E-state index >= 15 is 0 Å². The maximum atomic E-state index is 11.9. The number of nitrogens with two attached hydrogens (primary N) is 1. The van der Waals surface area contributed by atoms with Crippen LogP contribution in [-0.4, -0.2) is 29.3 Å². The van der Waals surface area contributed by atoms with Crippen molar-refractivity contribution >= 4 is 39.8 Å². The summed E-state index contributed by atoms with van der Waals surface area (Å²) in [5.74, 6) is 0.650. The Bertz CT molecular complexity index is 1430. The molecule has 32 heavy (non-hydrogen) atoms. The molecule has 4 aromatic rings. The smallest absolute Gasteiger partial charge is 0.294 e. The lowest BCUT2D eigenvalue weighted by molar-refractivity contribution is 0.111. The second-order valence-electron chi connectivity index (χ2n) is 7.56. The van der Waals surface area contributed by atoms with Crippen LogP contribution >= 0.6 is 0 Å². The molecule has 2 heterocycles. The molecule has 7 nitrogen and oxygen atoms in total. The number of nitrogens with zero attached hydrogens (tertiary/aromatic N) is 2. The second-order valence-corrected chi connectivity index (χ2v) is 7.56. The molecule has 0 spiro atoms. The number of hydrogen-bond donors (Lipinski definition) is 3. The number of rotatable bonds is 5. The molecule has 0 amide bonds. The highest BCUT2D eigenvalue weighted by Gasteiger charge is 2.14. The monoisotopic (exact) mass is 423 g/mol. The molecule has 0 bridgehead atoms. The van der Waals surface area contributed by atoms with Crippen molar-refractivity contribution in [1.29, 1.82) is 5.41 Å². The Morgan fingerprint density at radius 3 is 2.81 bits per heavy atom. The highest BCUT2D eigenvalue weighted by atomic mass is 16.5. The number of aliphatic imine (C=N–C) groups is 1. The highest BCUT2D eigenvalue weighted by molar-refractivity contribution is 6.00. The number of aldehydes is 1. The highest BCUT2D eigenvalue weighted by Crippen LogP contribution is 2.29. The van der Waals surface area contributed by atoms with Crippen LogP contribution in [0.15, 0.2) is 77.9 Å². The lowest BCUT2D eigenvalue weighted by Crippen LogP contribution is -2.26. The van der Waals surface area contributed by atoms with Gasteiger partial charge in [-0.3, -0.25) is 10.2 Å². The summed E-state index contributed by atoms with van der Waals surface area (Å²) in [6.07, 6.45) is 4.56. The zero-order chi connectivity index (χ0) is 22.1. The van der Waals surface area contributed by atoms with Gasteiger partial charge in [0.15, 0.2) is 6.29 Å². The Kier molecular flexibility index (Phi) is 4.91. The van der Waals surface area contributed by atoms with Crippen molar-refractivity contribution in [1.82, 2.24) is 9.88 Å². The molecular formula is C25H21N5O2. The molecule has 158 valence electrons. The van der Waals surface area contributed by atoms with Gasteiger partial charge in [0.1, 0.15) is 11.6 Å². The van der Waals surface area contributed by atoms with Crippen LogP contribution in [0.2, 0.25) is 0 Å². The van der Waals surface area contributed by atoms with Crippen molar-refractivity contribution in [3.05, 3.63) is 89.8 Å². The zero-order valence-corrected chi connectivity index (χ0v) is 17.2. The molecule has 0 atom stereocenters.